The molecule has 120 valence electrons. The van der Waals surface area contributed by atoms with Crippen LogP contribution in [-0.4, -0.2) is 18.8 Å². The van der Waals surface area contributed by atoms with Crippen molar-refractivity contribution >= 4 is 11.8 Å². The summed E-state index contributed by atoms with van der Waals surface area (Å²) in [6, 6.07) is 9.34. The zero-order chi connectivity index (χ0) is 15.3. The molecule has 0 fully saturated rings. The molecule has 0 radical (unpaired) electrons. The largest absolute Gasteiger partial charge is 0.316 e. The van der Waals surface area contributed by atoms with Gasteiger partial charge in [-0.05, 0) is 32.0 Å². The molecule has 0 amide bonds. The first-order chi connectivity index (χ1) is 10.3. The van der Waals surface area contributed by atoms with Crippen LogP contribution >= 0.6 is 11.8 Å². The highest BCUT2D eigenvalue weighted by molar-refractivity contribution is 7.99. The lowest BCUT2D eigenvalue weighted by atomic mass is 10.1. The third-order valence-electron chi connectivity index (χ3n) is 4.10. The van der Waals surface area contributed by atoms with Gasteiger partial charge in [-0.3, -0.25) is 0 Å². The summed E-state index contributed by atoms with van der Waals surface area (Å²) in [6.45, 7) is 4.48. The molecular formula is C19H33NS. The monoisotopic (exact) mass is 307 g/mol. The highest BCUT2D eigenvalue weighted by Crippen LogP contribution is 2.23. The Hall–Kier alpha value is -0.470. The molecule has 1 aromatic rings. The molecule has 0 saturated carbocycles. The topological polar surface area (TPSA) is 12.0 Å². The van der Waals surface area contributed by atoms with Crippen LogP contribution in [0.1, 0.15) is 63.9 Å². The van der Waals surface area contributed by atoms with Gasteiger partial charge >= 0.3 is 0 Å². The van der Waals surface area contributed by atoms with Gasteiger partial charge in [0.15, 0.2) is 0 Å². The normalized spacial score (nSPS) is 12.5. The van der Waals surface area contributed by atoms with E-state index in [1.54, 1.807) is 0 Å². The van der Waals surface area contributed by atoms with Gasteiger partial charge in [-0.15, -0.1) is 11.8 Å². The SMILES string of the molecule is CCCCCCCCCC(CSc1ccccc1C)NC. The minimum Gasteiger partial charge on any atom is -0.316 e. The van der Waals surface area contributed by atoms with Crippen molar-refractivity contribution in [2.75, 3.05) is 12.8 Å². The molecule has 0 spiro atoms. The van der Waals surface area contributed by atoms with Gasteiger partial charge in [0.2, 0.25) is 0 Å². The van der Waals surface area contributed by atoms with Crippen molar-refractivity contribution in [1.82, 2.24) is 5.32 Å². The maximum atomic E-state index is 3.48. The van der Waals surface area contributed by atoms with E-state index in [2.05, 4.69) is 50.5 Å². The van der Waals surface area contributed by atoms with Gasteiger partial charge in [-0.1, -0.05) is 70.1 Å². The van der Waals surface area contributed by atoms with Crippen LogP contribution in [0.4, 0.5) is 0 Å². The number of hydrogen-bond acceptors (Lipinski definition) is 2. The van der Waals surface area contributed by atoms with Crippen LogP contribution in [0.2, 0.25) is 0 Å². The molecule has 0 aromatic heterocycles. The van der Waals surface area contributed by atoms with Gasteiger partial charge in [-0.25, -0.2) is 0 Å². The van der Waals surface area contributed by atoms with Crippen molar-refractivity contribution in [3.8, 4) is 0 Å². The molecule has 1 rings (SSSR count). The van der Waals surface area contributed by atoms with Crippen LogP contribution in [0, 0.1) is 6.92 Å². The van der Waals surface area contributed by atoms with Gasteiger partial charge in [0.1, 0.15) is 0 Å². The Balaban J connectivity index is 2.13. The number of hydrogen-bond donors (Lipinski definition) is 1. The summed E-state index contributed by atoms with van der Waals surface area (Å²) in [6.07, 6.45) is 11.1. The van der Waals surface area contributed by atoms with E-state index in [0.29, 0.717) is 6.04 Å². The summed E-state index contributed by atoms with van der Waals surface area (Å²) in [5.41, 5.74) is 1.40. The van der Waals surface area contributed by atoms with Gasteiger partial charge in [0, 0.05) is 16.7 Å². The molecule has 0 aliphatic carbocycles. The standard InChI is InChI=1S/C19H33NS/c1-4-5-6-7-8-9-10-14-18(20-3)16-21-19-15-12-11-13-17(19)2/h11-13,15,18,20H,4-10,14,16H2,1-3H3. The summed E-state index contributed by atoms with van der Waals surface area (Å²) in [7, 11) is 2.10. The Morgan fingerprint density at radius 1 is 1.00 bits per heavy atom. The number of nitrogens with one attached hydrogen (secondary N) is 1. The number of thioether (sulfide) groups is 1. The molecular weight excluding hydrogens is 274 g/mol. The summed E-state index contributed by atoms with van der Waals surface area (Å²) >= 11 is 1.99. The van der Waals surface area contributed by atoms with Crippen molar-refractivity contribution < 1.29 is 0 Å². The Morgan fingerprint density at radius 3 is 2.33 bits per heavy atom. The molecule has 1 nitrogen and oxygen atoms in total. The fourth-order valence-electron chi connectivity index (χ4n) is 2.57. The van der Waals surface area contributed by atoms with Gasteiger partial charge in [0.25, 0.3) is 0 Å². The molecule has 0 aliphatic heterocycles. The Morgan fingerprint density at radius 2 is 1.67 bits per heavy atom. The summed E-state index contributed by atoms with van der Waals surface area (Å²) in [5.74, 6) is 1.18. The molecule has 0 saturated heterocycles. The predicted octanol–water partition coefficient (Wildman–Crippen LogP) is 5.82. The Labute approximate surface area is 136 Å². The zero-order valence-electron chi connectivity index (χ0n) is 14.2. The predicted molar refractivity (Wildman–Crippen MR) is 97.4 cm³/mol. The first-order valence-electron chi connectivity index (χ1n) is 8.63. The second kappa shape index (κ2) is 12.1. The van der Waals surface area contributed by atoms with E-state index >= 15 is 0 Å². The Kier molecular flexibility index (Phi) is 10.7. The molecule has 0 bridgehead atoms. The molecule has 0 aliphatic rings. The molecule has 21 heavy (non-hydrogen) atoms. The first-order valence-corrected chi connectivity index (χ1v) is 9.62. The fraction of sp³-hybridized carbons (Fsp3) is 0.684. The van der Waals surface area contributed by atoms with Crippen LogP contribution in [0.5, 0.6) is 0 Å². The second-order valence-electron chi connectivity index (χ2n) is 5.97. The third-order valence-corrected chi connectivity index (χ3v) is 5.44. The molecule has 0 heterocycles. The van der Waals surface area contributed by atoms with Crippen LogP contribution < -0.4 is 5.32 Å². The lowest BCUT2D eigenvalue weighted by Crippen LogP contribution is -2.27. The average Bonchev–Trinajstić information content (AvgIpc) is 2.51. The smallest absolute Gasteiger partial charge is 0.0158 e. The van der Waals surface area contributed by atoms with Crippen molar-refractivity contribution in [2.45, 2.75) is 76.2 Å². The van der Waals surface area contributed by atoms with Crippen LogP contribution in [0.3, 0.4) is 0 Å². The van der Waals surface area contributed by atoms with Crippen molar-refractivity contribution in [1.29, 1.82) is 0 Å². The summed E-state index contributed by atoms with van der Waals surface area (Å²) in [4.78, 5) is 1.43. The molecule has 1 atom stereocenters. The summed E-state index contributed by atoms with van der Waals surface area (Å²) in [5, 5.41) is 3.48. The maximum Gasteiger partial charge on any atom is 0.0158 e. The minimum absolute atomic E-state index is 0.644. The molecule has 2 heteroatoms. The van der Waals surface area contributed by atoms with Gasteiger partial charge in [-0.2, -0.15) is 0 Å². The van der Waals surface area contributed by atoms with Crippen LogP contribution in [0.15, 0.2) is 29.2 Å². The van der Waals surface area contributed by atoms with E-state index in [4.69, 9.17) is 0 Å². The zero-order valence-corrected chi connectivity index (χ0v) is 15.0. The quantitative estimate of drug-likeness (QED) is 0.386. The van der Waals surface area contributed by atoms with Crippen molar-refractivity contribution in [3.63, 3.8) is 0 Å². The molecule has 1 N–H and O–H groups in total. The number of benzene rings is 1. The minimum atomic E-state index is 0.644. The Bertz CT molecular complexity index is 364. The maximum absolute atomic E-state index is 3.48. The molecule has 1 aromatic carbocycles. The van der Waals surface area contributed by atoms with E-state index in [-0.39, 0.29) is 0 Å². The van der Waals surface area contributed by atoms with Crippen molar-refractivity contribution in [3.05, 3.63) is 29.8 Å². The number of rotatable bonds is 12. The third kappa shape index (κ3) is 8.53. The van der Waals surface area contributed by atoms with E-state index in [1.807, 2.05) is 11.8 Å². The van der Waals surface area contributed by atoms with E-state index in [1.165, 1.54) is 67.6 Å². The lowest BCUT2D eigenvalue weighted by Gasteiger charge is -2.16. The fourth-order valence-corrected chi connectivity index (χ4v) is 3.75. The van der Waals surface area contributed by atoms with Crippen LogP contribution in [0.25, 0.3) is 0 Å². The van der Waals surface area contributed by atoms with E-state index < -0.39 is 0 Å². The number of unbranched alkanes of at least 4 members (excludes halogenated alkanes) is 6. The number of aryl methyl sites for hydroxylation is 1. The summed E-state index contributed by atoms with van der Waals surface area (Å²) < 4.78 is 0. The van der Waals surface area contributed by atoms with Gasteiger partial charge < -0.3 is 5.32 Å². The van der Waals surface area contributed by atoms with E-state index in [9.17, 15) is 0 Å². The van der Waals surface area contributed by atoms with Crippen molar-refractivity contribution in [2.24, 2.45) is 0 Å². The van der Waals surface area contributed by atoms with E-state index in [0.717, 1.165) is 0 Å². The first kappa shape index (κ1) is 18.6. The van der Waals surface area contributed by atoms with Crippen LogP contribution in [-0.2, 0) is 0 Å². The second-order valence-corrected chi connectivity index (χ2v) is 7.03. The van der Waals surface area contributed by atoms with Gasteiger partial charge in [0.05, 0.1) is 0 Å². The highest BCUT2D eigenvalue weighted by Gasteiger charge is 2.07. The highest BCUT2D eigenvalue weighted by atomic mass is 32.2. The molecule has 1 unspecified atom stereocenters. The lowest BCUT2D eigenvalue weighted by molar-refractivity contribution is 0.511. The average molecular weight is 308 g/mol.